The molecule has 2 N–H and O–H groups in total. The zero-order valence-corrected chi connectivity index (χ0v) is 21.2. The number of nitrogens with one attached hydrogen (secondary N) is 2. The highest BCUT2D eigenvalue weighted by molar-refractivity contribution is 7.21. The zero-order valence-electron chi connectivity index (χ0n) is 20.4. The molecule has 0 bridgehead atoms. The number of nitrogens with zero attached hydrogens (tertiary/aromatic N) is 5. The van der Waals surface area contributed by atoms with Gasteiger partial charge in [0.25, 0.3) is 5.91 Å². The second-order valence-electron chi connectivity index (χ2n) is 9.02. The van der Waals surface area contributed by atoms with Crippen molar-refractivity contribution in [2.75, 3.05) is 23.3 Å². The first-order valence-corrected chi connectivity index (χ1v) is 12.9. The van der Waals surface area contributed by atoms with E-state index in [1.54, 1.807) is 64.7 Å². The van der Waals surface area contributed by atoms with Crippen molar-refractivity contribution in [3.8, 4) is 11.6 Å². The van der Waals surface area contributed by atoms with Crippen LogP contribution < -0.4 is 20.3 Å². The fourth-order valence-corrected chi connectivity index (χ4v) is 5.78. The number of hydrogen-bond acceptors (Lipinski definition) is 8. The topological polar surface area (TPSA) is 130 Å². The second-order valence-corrected chi connectivity index (χ2v) is 10.0. The van der Waals surface area contributed by atoms with Crippen LogP contribution in [-0.2, 0) is 4.79 Å². The van der Waals surface area contributed by atoms with E-state index >= 15 is 0 Å². The summed E-state index contributed by atoms with van der Waals surface area (Å²) in [5.74, 6) is 0.620. The van der Waals surface area contributed by atoms with Crippen molar-refractivity contribution in [3.05, 3.63) is 59.7 Å². The van der Waals surface area contributed by atoms with Crippen LogP contribution in [0.2, 0.25) is 0 Å². The summed E-state index contributed by atoms with van der Waals surface area (Å²) < 4.78 is 5.71. The number of anilines is 3. The predicted molar refractivity (Wildman–Crippen MR) is 142 cm³/mol. The van der Waals surface area contributed by atoms with Crippen molar-refractivity contribution in [2.24, 2.45) is 0 Å². The Hall–Kier alpha value is -4.58. The molecule has 11 nitrogen and oxygen atoms in total. The molecule has 5 heterocycles. The summed E-state index contributed by atoms with van der Waals surface area (Å²) in [6.07, 6.45) is 4.80. The maximum Gasteiger partial charge on any atom is 0.331 e. The number of amides is 4. The average Bonchev–Trinajstić information content (AvgIpc) is 3.30. The van der Waals surface area contributed by atoms with Crippen LogP contribution in [0.5, 0.6) is 11.6 Å². The number of pyridine rings is 1. The average molecular weight is 530 g/mol. The first-order chi connectivity index (χ1) is 18.5. The summed E-state index contributed by atoms with van der Waals surface area (Å²) in [5.41, 5.74) is 1.71. The van der Waals surface area contributed by atoms with Crippen LogP contribution in [0.1, 0.15) is 29.4 Å². The number of benzene rings is 1. The Morgan fingerprint density at radius 2 is 2.00 bits per heavy atom. The quantitative estimate of drug-likeness (QED) is 0.394. The van der Waals surface area contributed by atoms with Gasteiger partial charge in [-0.3, -0.25) is 14.5 Å². The number of likely N-dealkylation sites (tertiary alicyclic amines) is 1. The van der Waals surface area contributed by atoms with Gasteiger partial charge in [0.2, 0.25) is 11.8 Å². The Morgan fingerprint density at radius 3 is 2.76 bits per heavy atom. The van der Waals surface area contributed by atoms with Gasteiger partial charge in [-0.25, -0.2) is 9.78 Å². The summed E-state index contributed by atoms with van der Waals surface area (Å²) in [7, 11) is 0. The molecule has 0 saturated carbocycles. The van der Waals surface area contributed by atoms with Gasteiger partial charge < -0.3 is 20.3 Å². The fraction of sp³-hybridized carbons (Fsp3) is 0.231. The lowest BCUT2D eigenvalue weighted by Crippen LogP contribution is -2.49. The summed E-state index contributed by atoms with van der Waals surface area (Å²) in [4.78, 5) is 47.2. The molecular formula is C26H23N7O4S. The predicted octanol–water partition coefficient (Wildman–Crippen LogP) is 4.30. The van der Waals surface area contributed by atoms with Crippen molar-refractivity contribution in [1.29, 1.82) is 0 Å². The molecule has 2 aliphatic rings. The van der Waals surface area contributed by atoms with Gasteiger partial charge in [0.05, 0.1) is 22.4 Å². The maximum absolute atomic E-state index is 13.3. The summed E-state index contributed by atoms with van der Waals surface area (Å²) in [5, 5.41) is 14.4. The van der Waals surface area contributed by atoms with Gasteiger partial charge in [0.15, 0.2) is 0 Å². The number of piperidine rings is 1. The first kappa shape index (κ1) is 23.8. The van der Waals surface area contributed by atoms with Crippen LogP contribution in [0.4, 0.5) is 21.9 Å². The minimum Gasteiger partial charge on any atom is -0.438 e. The standard InChI is InChI=1S/C26H23N7O4S/c1-15(34)32-13-3-4-16(14-32)29-24(35)23-22-21-19(10-12-27-25(21)38-23)33(26(36)30-22)17-6-8-18(9-7-17)37-20-5-2-11-28-31-20/h2,5-12,16H,3-4,13-14H2,1H3,(H,29,35)(H,30,36)/t16-/m1/s1. The molecule has 0 radical (unpaired) electrons. The number of thiophene rings is 1. The van der Waals surface area contributed by atoms with E-state index < -0.39 is 0 Å². The normalized spacial score (nSPS) is 16.8. The van der Waals surface area contributed by atoms with Gasteiger partial charge in [-0.2, -0.15) is 5.10 Å². The number of aromatic nitrogens is 3. The molecule has 1 aromatic carbocycles. The lowest BCUT2D eigenvalue weighted by atomic mass is 10.1. The van der Waals surface area contributed by atoms with Crippen molar-refractivity contribution in [3.63, 3.8) is 0 Å². The number of urea groups is 1. The highest BCUT2D eigenvalue weighted by Gasteiger charge is 2.33. The third-order valence-corrected chi connectivity index (χ3v) is 7.62. The molecular weight excluding hydrogens is 506 g/mol. The highest BCUT2D eigenvalue weighted by Crippen LogP contribution is 2.45. The van der Waals surface area contributed by atoms with E-state index in [0.29, 0.717) is 56.9 Å². The molecule has 0 aliphatic carbocycles. The lowest BCUT2D eigenvalue weighted by Gasteiger charge is -2.32. The Labute approximate surface area is 221 Å². The second kappa shape index (κ2) is 9.71. The van der Waals surface area contributed by atoms with E-state index in [1.807, 2.05) is 0 Å². The van der Waals surface area contributed by atoms with Gasteiger partial charge >= 0.3 is 6.03 Å². The molecule has 1 fully saturated rings. The molecule has 3 aromatic heterocycles. The first-order valence-electron chi connectivity index (χ1n) is 12.1. The van der Waals surface area contributed by atoms with Crippen molar-refractivity contribution in [2.45, 2.75) is 25.8 Å². The summed E-state index contributed by atoms with van der Waals surface area (Å²) in [6, 6.07) is 11.7. The SMILES string of the molecule is CC(=O)N1CCC[C@@H](NC(=O)c2sc3nccc4c3c2NC(=O)N4c2ccc(Oc3cccnn3)cc2)C1. The van der Waals surface area contributed by atoms with Gasteiger partial charge in [0.1, 0.15) is 15.5 Å². The van der Waals surface area contributed by atoms with E-state index in [9.17, 15) is 14.4 Å². The Bertz CT molecular complexity index is 1540. The minimum atomic E-state index is -0.388. The summed E-state index contributed by atoms with van der Waals surface area (Å²) in [6.45, 7) is 2.71. The van der Waals surface area contributed by atoms with Crippen LogP contribution in [0.25, 0.3) is 10.2 Å². The number of carbonyl (C=O) groups excluding carboxylic acids is 3. The Kier molecular flexibility index (Phi) is 6.08. The largest absolute Gasteiger partial charge is 0.438 e. The third kappa shape index (κ3) is 4.39. The molecule has 4 amide bonds. The number of carbonyl (C=O) groups is 3. The van der Waals surface area contributed by atoms with Gasteiger partial charge in [0, 0.05) is 44.5 Å². The molecule has 12 heteroatoms. The van der Waals surface area contributed by atoms with Gasteiger partial charge in [-0.15, -0.1) is 16.4 Å². The number of ether oxygens (including phenoxy) is 1. The Morgan fingerprint density at radius 1 is 1.16 bits per heavy atom. The van der Waals surface area contributed by atoms with E-state index in [2.05, 4.69) is 25.8 Å². The molecule has 1 saturated heterocycles. The van der Waals surface area contributed by atoms with Crippen LogP contribution >= 0.6 is 11.3 Å². The molecule has 0 unspecified atom stereocenters. The molecule has 38 heavy (non-hydrogen) atoms. The van der Waals surface area contributed by atoms with Crippen molar-refractivity contribution < 1.29 is 19.1 Å². The monoisotopic (exact) mass is 529 g/mol. The van der Waals surface area contributed by atoms with E-state index in [-0.39, 0.29) is 23.9 Å². The van der Waals surface area contributed by atoms with Crippen LogP contribution in [0.15, 0.2) is 54.9 Å². The fourth-order valence-electron chi connectivity index (χ4n) is 4.76. The van der Waals surface area contributed by atoms with Crippen LogP contribution in [-0.4, -0.2) is 57.1 Å². The van der Waals surface area contributed by atoms with Crippen LogP contribution in [0, 0.1) is 0 Å². The number of hydrogen-bond donors (Lipinski definition) is 2. The molecule has 1 atom stereocenters. The van der Waals surface area contributed by atoms with Gasteiger partial charge in [-0.1, -0.05) is 0 Å². The molecule has 192 valence electrons. The van der Waals surface area contributed by atoms with E-state index in [0.717, 1.165) is 12.8 Å². The van der Waals surface area contributed by atoms with E-state index in [4.69, 9.17) is 4.74 Å². The van der Waals surface area contributed by atoms with Gasteiger partial charge in [-0.05, 0) is 49.2 Å². The smallest absolute Gasteiger partial charge is 0.331 e. The van der Waals surface area contributed by atoms with Crippen molar-refractivity contribution >= 4 is 56.5 Å². The highest BCUT2D eigenvalue weighted by atomic mass is 32.1. The van der Waals surface area contributed by atoms with Crippen LogP contribution in [0.3, 0.4) is 0 Å². The Balaban J connectivity index is 1.28. The molecule has 4 aromatic rings. The minimum absolute atomic E-state index is 0.00423. The van der Waals surface area contributed by atoms with E-state index in [1.165, 1.54) is 18.3 Å². The molecule has 0 spiro atoms. The van der Waals surface area contributed by atoms with Crippen molar-refractivity contribution in [1.82, 2.24) is 25.4 Å². The molecule has 6 rings (SSSR count). The third-order valence-electron chi connectivity index (χ3n) is 6.52. The maximum atomic E-state index is 13.3. The number of rotatable bonds is 5. The zero-order chi connectivity index (χ0) is 26.2. The summed E-state index contributed by atoms with van der Waals surface area (Å²) >= 11 is 1.23. The molecule has 2 aliphatic heterocycles. The lowest BCUT2D eigenvalue weighted by molar-refractivity contribution is -0.130.